The molecule has 3 heterocycles. The van der Waals surface area contributed by atoms with Crippen molar-refractivity contribution in [3.05, 3.63) is 70.3 Å². The van der Waals surface area contributed by atoms with Crippen molar-refractivity contribution in [3.63, 3.8) is 0 Å². The molecule has 0 amide bonds. The van der Waals surface area contributed by atoms with Crippen LogP contribution in [0.4, 0.5) is 11.5 Å². The summed E-state index contributed by atoms with van der Waals surface area (Å²) < 4.78 is 6.45. The van der Waals surface area contributed by atoms with Crippen LogP contribution in [-0.4, -0.2) is 26.9 Å². The summed E-state index contributed by atoms with van der Waals surface area (Å²) in [5, 5.41) is 4.11. The number of ether oxygens (including phenoxy) is 1. The Balaban J connectivity index is 1.88. The Morgan fingerprint density at radius 1 is 1.26 bits per heavy atom. The quantitative estimate of drug-likeness (QED) is 0.543. The Morgan fingerprint density at radius 2 is 2.11 bits per heavy atom. The molecule has 27 heavy (non-hydrogen) atoms. The van der Waals surface area contributed by atoms with Gasteiger partial charge in [0.2, 0.25) is 0 Å². The van der Waals surface area contributed by atoms with Gasteiger partial charge >= 0.3 is 5.97 Å². The highest BCUT2D eigenvalue weighted by Crippen LogP contribution is 2.23. The lowest BCUT2D eigenvalue weighted by atomic mass is 10.2. The van der Waals surface area contributed by atoms with Crippen LogP contribution in [0, 0.1) is 6.92 Å². The fraction of sp³-hybridized carbons (Fsp3) is 0.150. The minimum atomic E-state index is -0.698. The van der Waals surface area contributed by atoms with Crippen molar-refractivity contribution in [3.8, 4) is 0 Å². The van der Waals surface area contributed by atoms with Gasteiger partial charge < -0.3 is 15.0 Å². The largest absolute Gasteiger partial charge is 0.462 e. The average molecular weight is 362 g/mol. The van der Waals surface area contributed by atoms with Gasteiger partial charge in [0.25, 0.3) is 5.56 Å². The zero-order chi connectivity index (χ0) is 19.0. The number of pyridine rings is 1. The van der Waals surface area contributed by atoms with E-state index in [9.17, 15) is 9.59 Å². The number of aromatic amines is 1. The van der Waals surface area contributed by atoms with Crippen LogP contribution in [0.1, 0.15) is 22.8 Å². The third-order valence-electron chi connectivity index (χ3n) is 4.27. The molecule has 2 N–H and O–H groups in total. The number of carbonyl (C=O) groups is 1. The first-order valence-electron chi connectivity index (χ1n) is 8.61. The Hall–Kier alpha value is -3.61. The van der Waals surface area contributed by atoms with Crippen LogP contribution >= 0.6 is 0 Å². The molecule has 4 aromatic rings. The smallest absolute Gasteiger partial charge is 0.347 e. The summed E-state index contributed by atoms with van der Waals surface area (Å²) in [6.45, 7) is 3.73. The summed E-state index contributed by atoms with van der Waals surface area (Å²) in [4.78, 5) is 33.0. The second kappa shape index (κ2) is 6.60. The number of aryl methyl sites for hydroxylation is 1. The summed E-state index contributed by atoms with van der Waals surface area (Å²) in [5.74, 6) is -0.520. The van der Waals surface area contributed by atoms with Gasteiger partial charge in [-0.2, -0.15) is 0 Å². The molecule has 4 rings (SSSR count). The highest BCUT2D eigenvalue weighted by Gasteiger charge is 2.21. The van der Waals surface area contributed by atoms with Crippen molar-refractivity contribution in [2.75, 3.05) is 11.9 Å². The van der Waals surface area contributed by atoms with Crippen LogP contribution in [0.25, 0.3) is 16.6 Å². The molecule has 3 aromatic heterocycles. The molecule has 136 valence electrons. The maximum absolute atomic E-state index is 13.0. The lowest BCUT2D eigenvalue weighted by Crippen LogP contribution is -2.26. The molecule has 0 saturated heterocycles. The van der Waals surface area contributed by atoms with E-state index in [1.807, 2.05) is 43.5 Å². The minimum absolute atomic E-state index is 0.117. The Bertz CT molecular complexity index is 1220. The summed E-state index contributed by atoms with van der Waals surface area (Å²) in [6.07, 6.45) is 3.50. The molecule has 7 heteroatoms. The van der Waals surface area contributed by atoms with E-state index >= 15 is 0 Å². The van der Waals surface area contributed by atoms with E-state index in [1.165, 1.54) is 4.40 Å². The summed E-state index contributed by atoms with van der Waals surface area (Å²) >= 11 is 0. The third kappa shape index (κ3) is 3.03. The molecule has 7 nitrogen and oxygen atoms in total. The minimum Gasteiger partial charge on any atom is -0.462 e. The van der Waals surface area contributed by atoms with Gasteiger partial charge in [0.05, 0.1) is 6.61 Å². The fourth-order valence-electron chi connectivity index (χ4n) is 2.99. The van der Waals surface area contributed by atoms with Crippen molar-refractivity contribution < 1.29 is 9.53 Å². The van der Waals surface area contributed by atoms with Crippen LogP contribution < -0.4 is 10.9 Å². The maximum Gasteiger partial charge on any atom is 0.347 e. The SMILES string of the molecule is CCOC(=O)c1c(Nc2ccc3[nH]ccc3c2)nc2ccc(C)cn2c1=O. The second-order valence-corrected chi connectivity index (χ2v) is 6.20. The van der Waals surface area contributed by atoms with Gasteiger partial charge in [-0.25, -0.2) is 9.78 Å². The molecule has 0 aliphatic rings. The number of nitrogens with one attached hydrogen (secondary N) is 2. The van der Waals surface area contributed by atoms with Gasteiger partial charge in [-0.05, 0) is 49.7 Å². The average Bonchev–Trinajstić information content (AvgIpc) is 3.10. The number of benzene rings is 1. The van der Waals surface area contributed by atoms with Crippen LogP contribution in [0.15, 0.2) is 53.6 Å². The number of nitrogens with zero attached hydrogens (tertiary/aromatic N) is 2. The molecule has 0 aliphatic heterocycles. The van der Waals surface area contributed by atoms with Crippen LogP contribution in [0.2, 0.25) is 0 Å². The van der Waals surface area contributed by atoms with Gasteiger partial charge in [0, 0.05) is 29.0 Å². The van der Waals surface area contributed by atoms with Crippen molar-refractivity contribution in [2.45, 2.75) is 13.8 Å². The molecule has 0 aliphatic carbocycles. The van der Waals surface area contributed by atoms with Gasteiger partial charge in [-0.1, -0.05) is 6.07 Å². The predicted molar refractivity (Wildman–Crippen MR) is 104 cm³/mol. The molecule has 0 bridgehead atoms. The van der Waals surface area contributed by atoms with Gasteiger partial charge in [-0.15, -0.1) is 0 Å². The van der Waals surface area contributed by atoms with E-state index in [-0.39, 0.29) is 18.0 Å². The van der Waals surface area contributed by atoms with Crippen molar-refractivity contribution in [1.29, 1.82) is 0 Å². The first-order valence-corrected chi connectivity index (χ1v) is 8.61. The molecular weight excluding hydrogens is 344 g/mol. The number of hydrogen-bond donors (Lipinski definition) is 2. The number of carbonyl (C=O) groups excluding carboxylic acids is 1. The van der Waals surface area contributed by atoms with Crippen LogP contribution in [0.3, 0.4) is 0 Å². The third-order valence-corrected chi connectivity index (χ3v) is 4.27. The number of esters is 1. The normalized spacial score (nSPS) is 11.0. The van der Waals surface area contributed by atoms with E-state index in [4.69, 9.17) is 4.74 Å². The Labute approximate surface area is 154 Å². The van der Waals surface area contributed by atoms with Crippen LogP contribution in [-0.2, 0) is 4.74 Å². The number of H-pyrrole nitrogens is 1. The van der Waals surface area contributed by atoms with Crippen LogP contribution in [0.5, 0.6) is 0 Å². The maximum atomic E-state index is 13.0. The van der Waals surface area contributed by atoms with E-state index in [0.717, 1.165) is 22.2 Å². The van der Waals surface area contributed by atoms with E-state index < -0.39 is 11.5 Å². The zero-order valence-corrected chi connectivity index (χ0v) is 14.9. The second-order valence-electron chi connectivity index (χ2n) is 6.20. The lowest BCUT2D eigenvalue weighted by molar-refractivity contribution is 0.0525. The number of aromatic nitrogens is 3. The molecule has 0 spiro atoms. The summed E-state index contributed by atoms with van der Waals surface area (Å²) in [5.41, 5.74) is 2.47. The molecular formula is C20H18N4O3. The summed E-state index contributed by atoms with van der Waals surface area (Å²) in [6, 6.07) is 11.2. The highest BCUT2D eigenvalue weighted by molar-refractivity contribution is 5.96. The number of rotatable bonds is 4. The van der Waals surface area contributed by atoms with Gasteiger partial charge in [-0.3, -0.25) is 9.20 Å². The first-order chi connectivity index (χ1) is 13.1. The molecule has 0 atom stereocenters. The highest BCUT2D eigenvalue weighted by atomic mass is 16.5. The van der Waals surface area contributed by atoms with E-state index in [1.54, 1.807) is 19.2 Å². The van der Waals surface area contributed by atoms with Gasteiger partial charge in [0.1, 0.15) is 5.65 Å². The topological polar surface area (TPSA) is 88.5 Å². The number of hydrogen-bond acceptors (Lipinski definition) is 5. The molecule has 0 saturated carbocycles. The van der Waals surface area contributed by atoms with Gasteiger partial charge in [0.15, 0.2) is 11.4 Å². The molecule has 1 aromatic carbocycles. The predicted octanol–water partition coefficient (Wildman–Crippen LogP) is 3.40. The number of fused-ring (bicyclic) bond motifs is 2. The van der Waals surface area contributed by atoms with Crippen molar-refractivity contribution in [2.24, 2.45) is 0 Å². The van der Waals surface area contributed by atoms with E-state index in [2.05, 4.69) is 15.3 Å². The Kier molecular flexibility index (Phi) is 4.12. The lowest BCUT2D eigenvalue weighted by Gasteiger charge is -2.12. The molecule has 0 unspecified atom stereocenters. The Morgan fingerprint density at radius 3 is 2.93 bits per heavy atom. The first kappa shape index (κ1) is 16.8. The summed E-state index contributed by atoms with van der Waals surface area (Å²) in [7, 11) is 0. The fourth-order valence-corrected chi connectivity index (χ4v) is 2.99. The monoisotopic (exact) mass is 362 g/mol. The molecule has 0 radical (unpaired) electrons. The standard InChI is InChI=1S/C20H18N4O3/c1-3-27-20(26)17-18(22-14-5-6-15-13(10-14)8-9-21-15)23-16-7-4-12(2)11-24(16)19(17)25/h4-11,21-22H,3H2,1-2H3. The molecule has 0 fully saturated rings. The zero-order valence-electron chi connectivity index (χ0n) is 14.9. The van der Waals surface area contributed by atoms with Crippen molar-refractivity contribution >= 4 is 34.0 Å². The number of anilines is 2. The van der Waals surface area contributed by atoms with E-state index in [0.29, 0.717) is 5.65 Å². The van der Waals surface area contributed by atoms with Crippen molar-refractivity contribution in [1.82, 2.24) is 14.4 Å².